The number of sulfonamides is 1. The number of carbonyl (C=O) groups excluding carboxylic acids is 1. The lowest BCUT2D eigenvalue weighted by atomic mass is 9.87. The minimum absolute atomic E-state index is 0.114. The number of amidine groups is 1. The van der Waals surface area contributed by atoms with Crippen LogP contribution < -0.4 is 10.0 Å². The van der Waals surface area contributed by atoms with Gasteiger partial charge in [-0.25, -0.2) is 8.42 Å². The Kier molecular flexibility index (Phi) is 5.80. The maximum absolute atomic E-state index is 12.5. The maximum atomic E-state index is 12.5. The number of hydrogen-bond acceptors (Lipinski definition) is 5. The van der Waals surface area contributed by atoms with Crippen molar-refractivity contribution in [3.05, 3.63) is 24.3 Å². The van der Waals surface area contributed by atoms with E-state index in [1.807, 2.05) is 0 Å². The Balaban J connectivity index is 1.68. The van der Waals surface area contributed by atoms with Crippen molar-refractivity contribution in [1.29, 1.82) is 5.26 Å². The van der Waals surface area contributed by atoms with Gasteiger partial charge in [-0.3, -0.25) is 14.5 Å². The van der Waals surface area contributed by atoms with E-state index in [1.165, 1.54) is 12.1 Å². The van der Waals surface area contributed by atoms with Gasteiger partial charge in [-0.15, -0.1) is 0 Å². The summed E-state index contributed by atoms with van der Waals surface area (Å²) in [5.74, 6) is 0.186. The highest BCUT2D eigenvalue weighted by atomic mass is 32.2. The molecule has 1 aromatic carbocycles. The molecule has 144 valence electrons. The van der Waals surface area contributed by atoms with Crippen molar-refractivity contribution < 1.29 is 13.2 Å². The van der Waals surface area contributed by atoms with Gasteiger partial charge >= 0.3 is 0 Å². The van der Waals surface area contributed by atoms with Crippen molar-refractivity contribution in [2.24, 2.45) is 10.4 Å². The second-order valence-corrected chi connectivity index (χ2v) is 8.81. The van der Waals surface area contributed by atoms with Crippen LogP contribution in [0.1, 0.15) is 51.4 Å². The minimum Gasteiger partial charge on any atom is -0.325 e. The first-order chi connectivity index (χ1) is 13.0. The molecule has 0 atom stereocenters. The molecule has 3 rings (SSSR count). The van der Waals surface area contributed by atoms with E-state index in [-0.39, 0.29) is 10.8 Å². The Morgan fingerprint density at radius 2 is 1.78 bits per heavy atom. The summed E-state index contributed by atoms with van der Waals surface area (Å²) in [5.41, 5.74) is -0.489. The average Bonchev–Trinajstić information content (AvgIpc) is 3.02. The molecule has 2 aliphatic rings. The molecule has 27 heavy (non-hydrogen) atoms. The van der Waals surface area contributed by atoms with Crippen LogP contribution in [0.3, 0.4) is 0 Å². The third-order valence-corrected chi connectivity index (χ3v) is 6.55. The molecule has 1 aliphatic heterocycles. The molecular formula is C19H24N4O3S. The molecule has 1 fully saturated rings. The molecule has 0 spiro atoms. The van der Waals surface area contributed by atoms with Gasteiger partial charge in [0.05, 0.1) is 11.0 Å². The zero-order chi connectivity index (χ0) is 19.3. The summed E-state index contributed by atoms with van der Waals surface area (Å²) in [7, 11) is -3.70. The molecule has 0 saturated heterocycles. The van der Waals surface area contributed by atoms with Crippen molar-refractivity contribution in [3.63, 3.8) is 0 Å². The Hall–Kier alpha value is -2.40. The van der Waals surface area contributed by atoms with Crippen LogP contribution in [0.5, 0.6) is 0 Å². The third kappa shape index (κ3) is 4.48. The molecule has 7 nitrogen and oxygen atoms in total. The largest absolute Gasteiger partial charge is 0.325 e. The molecule has 1 amide bonds. The predicted octanol–water partition coefficient (Wildman–Crippen LogP) is 2.96. The van der Waals surface area contributed by atoms with Crippen molar-refractivity contribution in [3.8, 4) is 6.07 Å². The lowest BCUT2D eigenvalue weighted by Gasteiger charge is -2.19. The van der Waals surface area contributed by atoms with E-state index in [9.17, 15) is 18.5 Å². The van der Waals surface area contributed by atoms with Gasteiger partial charge in [0.1, 0.15) is 11.3 Å². The number of nitrogens with zero attached hydrogens (tertiary/aromatic N) is 2. The van der Waals surface area contributed by atoms with E-state index in [2.05, 4.69) is 21.1 Å². The molecular weight excluding hydrogens is 364 g/mol. The summed E-state index contributed by atoms with van der Waals surface area (Å²) in [6.45, 7) is 0.642. The Morgan fingerprint density at radius 3 is 2.44 bits per heavy atom. The SMILES string of the molecule is N#CC1(C(=O)Nc2ccc(S(=O)(=O)NC3=NCCCCC3)cc2)CCCC1. The highest BCUT2D eigenvalue weighted by Gasteiger charge is 2.41. The van der Waals surface area contributed by atoms with Gasteiger partial charge in [-0.2, -0.15) is 5.26 Å². The number of benzene rings is 1. The summed E-state index contributed by atoms with van der Waals surface area (Å²) in [6.07, 6.45) is 6.44. The van der Waals surface area contributed by atoms with Crippen LogP contribution in [-0.2, 0) is 14.8 Å². The number of rotatable bonds is 4. The van der Waals surface area contributed by atoms with Gasteiger partial charge in [0.25, 0.3) is 10.0 Å². The second kappa shape index (κ2) is 8.09. The van der Waals surface area contributed by atoms with Crippen molar-refractivity contribution in [2.75, 3.05) is 11.9 Å². The summed E-state index contributed by atoms with van der Waals surface area (Å²) in [6, 6.07) is 8.13. The van der Waals surface area contributed by atoms with Crippen molar-refractivity contribution >= 4 is 27.5 Å². The summed E-state index contributed by atoms with van der Waals surface area (Å²) >= 11 is 0. The molecule has 0 unspecified atom stereocenters. The smallest absolute Gasteiger partial charge is 0.262 e. The number of aliphatic imine (C=N–C) groups is 1. The van der Waals surface area contributed by atoms with Gasteiger partial charge in [-0.05, 0) is 49.9 Å². The van der Waals surface area contributed by atoms with E-state index in [0.717, 1.165) is 32.1 Å². The first kappa shape index (κ1) is 19.4. The first-order valence-electron chi connectivity index (χ1n) is 9.34. The molecule has 0 bridgehead atoms. The fraction of sp³-hybridized carbons (Fsp3) is 0.526. The Labute approximate surface area is 159 Å². The maximum Gasteiger partial charge on any atom is 0.262 e. The van der Waals surface area contributed by atoms with E-state index >= 15 is 0 Å². The molecule has 1 aromatic rings. The van der Waals surface area contributed by atoms with Gasteiger partial charge < -0.3 is 5.32 Å². The number of nitrogens with one attached hydrogen (secondary N) is 2. The van der Waals surface area contributed by atoms with Crippen LogP contribution in [0.25, 0.3) is 0 Å². The predicted molar refractivity (Wildman–Crippen MR) is 103 cm³/mol. The van der Waals surface area contributed by atoms with Gasteiger partial charge in [0.15, 0.2) is 0 Å². The number of nitriles is 1. The van der Waals surface area contributed by atoms with Crippen LogP contribution in [0.4, 0.5) is 5.69 Å². The molecule has 8 heteroatoms. The van der Waals surface area contributed by atoms with Gasteiger partial charge in [0, 0.05) is 18.7 Å². The first-order valence-corrected chi connectivity index (χ1v) is 10.8. The van der Waals surface area contributed by atoms with Crippen LogP contribution in [-0.4, -0.2) is 26.7 Å². The fourth-order valence-electron chi connectivity index (χ4n) is 3.51. The lowest BCUT2D eigenvalue weighted by Crippen LogP contribution is -2.32. The van der Waals surface area contributed by atoms with Crippen LogP contribution in [0.2, 0.25) is 0 Å². The Morgan fingerprint density at radius 1 is 1.07 bits per heavy atom. The average molecular weight is 388 g/mol. The normalized spacial score (nSPS) is 19.4. The van der Waals surface area contributed by atoms with E-state index < -0.39 is 15.4 Å². The van der Waals surface area contributed by atoms with Gasteiger partial charge in [0.2, 0.25) is 5.91 Å². The van der Waals surface area contributed by atoms with Crippen LogP contribution in [0, 0.1) is 16.7 Å². The minimum atomic E-state index is -3.70. The second-order valence-electron chi connectivity index (χ2n) is 7.12. The van der Waals surface area contributed by atoms with E-state index in [1.54, 1.807) is 12.1 Å². The van der Waals surface area contributed by atoms with Crippen molar-refractivity contribution in [1.82, 2.24) is 4.72 Å². The van der Waals surface area contributed by atoms with Crippen molar-refractivity contribution in [2.45, 2.75) is 56.3 Å². The molecule has 0 aromatic heterocycles. The number of carbonyl (C=O) groups is 1. The summed E-state index contributed by atoms with van der Waals surface area (Å²) in [4.78, 5) is 16.9. The highest BCUT2D eigenvalue weighted by molar-refractivity contribution is 7.90. The molecule has 1 heterocycles. The summed E-state index contributed by atoms with van der Waals surface area (Å²) < 4.78 is 27.6. The molecule has 2 N–H and O–H groups in total. The quantitative estimate of drug-likeness (QED) is 0.826. The number of hydrogen-bond donors (Lipinski definition) is 2. The highest BCUT2D eigenvalue weighted by Crippen LogP contribution is 2.38. The van der Waals surface area contributed by atoms with Crippen LogP contribution in [0.15, 0.2) is 34.2 Å². The molecule has 1 saturated carbocycles. The number of amides is 1. The fourth-order valence-corrected chi connectivity index (χ4v) is 4.60. The standard InChI is InChI=1S/C19H24N4O3S/c20-14-19(11-3-4-12-19)18(24)22-15-7-9-16(10-8-15)27(25,26)23-17-6-2-1-5-13-21-17/h7-10H,1-6,11-13H2,(H,21,23)(H,22,24). The third-order valence-electron chi connectivity index (χ3n) is 5.15. The zero-order valence-corrected chi connectivity index (χ0v) is 16.0. The zero-order valence-electron chi connectivity index (χ0n) is 15.2. The summed E-state index contributed by atoms with van der Waals surface area (Å²) in [5, 5.41) is 12.1. The number of anilines is 1. The molecule has 0 radical (unpaired) electrons. The van der Waals surface area contributed by atoms with Gasteiger partial charge in [-0.1, -0.05) is 19.3 Å². The lowest BCUT2D eigenvalue weighted by molar-refractivity contribution is -0.122. The van der Waals surface area contributed by atoms with Crippen LogP contribution >= 0.6 is 0 Å². The van der Waals surface area contributed by atoms with E-state index in [0.29, 0.717) is 37.3 Å². The molecule has 1 aliphatic carbocycles. The van der Waals surface area contributed by atoms with E-state index in [4.69, 9.17) is 0 Å². The topological polar surface area (TPSA) is 111 Å². The Bertz CT molecular complexity index is 863. The monoisotopic (exact) mass is 388 g/mol.